The van der Waals surface area contributed by atoms with Crippen molar-refractivity contribution >= 4 is 0 Å². The summed E-state index contributed by atoms with van der Waals surface area (Å²) in [6.07, 6.45) is 3.61. The van der Waals surface area contributed by atoms with Crippen molar-refractivity contribution in [3.63, 3.8) is 0 Å². The van der Waals surface area contributed by atoms with Crippen molar-refractivity contribution in [3.05, 3.63) is 30.1 Å². The maximum atomic E-state index is 5.46. The van der Waals surface area contributed by atoms with Crippen molar-refractivity contribution in [1.82, 2.24) is 10.3 Å². The molecule has 0 aromatic carbocycles. The number of ether oxygens (including phenoxy) is 3. The van der Waals surface area contributed by atoms with Crippen LogP contribution in [-0.4, -0.2) is 51.7 Å². The Morgan fingerprint density at radius 1 is 1.05 bits per heavy atom. The van der Waals surface area contributed by atoms with Crippen LogP contribution in [0.3, 0.4) is 0 Å². The van der Waals surface area contributed by atoms with Gasteiger partial charge in [0.2, 0.25) is 0 Å². The third-order valence-corrected chi connectivity index (χ3v) is 2.71. The molecule has 1 unspecified atom stereocenters. The van der Waals surface area contributed by atoms with Gasteiger partial charge in [-0.2, -0.15) is 0 Å². The molecule has 0 saturated heterocycles. The first kappa shape index (κ1) is 16.0. The van der Waals surface area contributed by atoms with E-state index >= 15 is 0 Å². The number of methoxy groups -OCH3 is 1. The van der Waals surface area contributed by atoms with Crippen molar-refractivity contribution < 1.29 is 14.2 Å². The van der Waals surface area contributed by atoms with Gasteiger partial charge in [-0.1, -0.05) is 0 Å². The number of hydrogen-bond acceptors (Lipinski definition) is 5. The van der Waals surface area contributed by atoms with Gasteiger partial charge in [-0.25, -0.2) is 0 Å². The van der Waals surface area contributed by atoms with Crippen LogP contribution >= 0.6 is 0 Å². The maximum Gasteiger partial charge on any atom is 0.0701 e. The predicted molar refractivity (Wildman–Crippen MR) is 74.2 cm³/mol. The Hall–Kier alpha value is -1.01. The summed E-state index contributed by atoms with van der Waals surface area (Å²) in [5.74, 6) is 0. The molecule has 5 nitrogen and oxygen atoms in total. The lowest BCUT2D eigenvalue weighted by Gasteiger charge is -2.14. The molecule has 1 aromatic rings. The molecule has 0 saturated carbocycles. The van der Waals surface area contributed by atoms with Gasteiger partial charge in [0.25, 0.3) is 0 Å². The summed E-state index contributed by atoms with van der Waals surface area (Å²) in [7, 11) is 1.66. The van der Waals surface area contributed by atoms with Crippen LogP contribution in [0.1, 0.15) is 18.5 Å². The number of nitrogens with one attached hydrogen (secondary N) is 1. The zero-order valence-corrected chi connectivity index (χ0v) is 11.8. The van der Waals surface area contributed by atoms with E-state index in [4.69, 9.17) is 14.2 Å². The van der Waals surface area contributed by atoms with Gasteiger partial charge in [0.15, 0.2) is 0 Å². The van der Waals surface area contributed by atoms with E-state index in [0.717, 1.165) is 6.54 Å². The van der Waals surface area contributed by atoms with Crippen molar-refractivity contribution in [2.45, 2.75) is 13.0 Å². The molecule has 0 amide bonds. The Bertz CT molecular complexity index is 309. The number of rotatable bonds is 11. The molecule has 1 N–H and O–H groups in total. The van der Waals surface area contributed by atoms with E-state index in [1.54, 1.807) is 19.5 Å². The molecule has 1 atom stereocenters. The standard InChI is InChI=1S/C14H24N2O3/c1-13(14-3-5-15-6-4-14)16-7-8-18-11-12-19-10-9-17-2/h3-6,13,16H,7-12H2,1-2H3. The van der Waals surface area contributed by atoms with E-state index in [2.05, 4.69) is 17.2 Å². The summed E-state index contributed by atoms with van der Waals surface area (Å²) >= 11 is 0. The van der Waals surface area contributed by atoms with E-state index < -0.39 is 0 Å². The number of nitrogens with zero attached hydrogens (tertiary/aromatic N) is 1. The van der Waals surface area contributed by atoms with E-state index in [-0.39, 0.29) is 0 Å². The molecule has 1 aromatic heterocycles. The molecule has 0 aliphatic rings. The summed E-state index contributed by atoms with van der Waals surface area (Å²) < 4.78 is 15.6. The molecular formula is C14H24N2O3. The molecule has 108 valence electrons. The highest BCUT2D eigenvalue weighted by Crippen LogP contribution is 2.09. The largest absolute Gasteiger partial charge is 0.382 e. The van der Waals surface area contributed by atoms with Crippen LogP contribution in [0.25, 0.3) is 0 Å². The highest BCUT2D eigenvalue weighted by Gasteiger charge is 2.02. The topological polar surface area (TPSA) is 52.6 Å². The summed E-state index contributed by atoms with van der Waals surface area (Å²) in [4.78, 5) is 4.00. The third-order valence-electron chi connectivity index (χ3n) is 2.71. The molecule has 19 heavy (non-hydrogen) atoms. The summed E-state index contributed by atoms with van der Waals surface area (Å²) in [5, 5.41) is 3.40. The van der Waals surface area contributed by atoms with Crippen molar-refractivity contribution in [2.24, 2.45) is 0 Å². The minimum absolute atomic E-state index is 0.310. The summed E-state index contributed by atoms with van der Waals surface area (Å²) in [6.45, 7) is 6.12. The van der Waals surface area contributed by atoms with Crippen LogP contribution in [0.5, 0.6) is 0 Å². The van der Waals surface area contributed by atoms with Crippen molar-refractivity contribution in [3.8, 4) is 0 Å². The van der Waals surface area contributed by atoms with Crippen LogP contribution in [0.2, 0.25) is 0 Å². The Morgan fingerprint density at radius 2 is 1.68 bits per heavy atom. The Labute approximate surface area is 115 Å². The van der Waals surface area contributed by atoms with E-state index in [0.29, 0.717) is 39.1 Å². The van der Waals surface area contributed by atoms with Crippen LogP contribution in [0.4, 0.5) is 0 Å². The zero-order valence-electron chi connectivity index (χ0n) is 11.8. The lowest BCUT2D eigenvalue weighted by atomic mass is 10.1. The second-order valence-electron chi connectivity index (χ2n) is 4.17. The molecule has 1 rings (SSSR count). The Kier molecular flexibility index (Phi) is 9.18. The number of pyridine rings is 1. The minimum atomic E-state index is 0.310. The summed E-state index contributed by atoms with van der Waals surface area (Å²) in [5.41, 5.74) is 1.23. The normalized spacial score (nSPS) is 12.5. The Balaban J connectivity index is 1.93. The van der Waals surface area contributed by atoms with Gasteiger partial charge in [0, 0.05) is 32.1 Å². The second kappa shape index (κ2) is 10.9. The molecule has 5 heteroatoms. The fraction of sp³-hybridized carbons (Fsp3) is 0.643. The van der Waals surface area contributed by atoms with Gasteiger partial charge in [0.1, 0.15) is 0 Å². The lowest BCUT2D eigenvalue weighted by Crippen LogP contribution is -2.24. The first-order valence-electron chi connectivity index (χ1n) is 6.62. The highest BCUT2D eigenvalue weighted by molar-refractivity contribution is 5.13. The van der Waals surface area contributed by atoms with Crippen LogP contribution in [0.15, 0.2) is 24.5 Å². The molecule has 0 radical (unpaired) electrons. The van der Waals surface area contributed by atoms with Gasteiger partial charge in [-0.05, 0) is 24.6 Å². The maximum absolute atomic E-state index is 5.46. The molecule has 0 bridgehead atoms. The lowest BCUT2D eigenvalue weighted by molar-refractivity contribution is 0.0253. The second-order valence-corrected chi connectivity index (χ2v) is 4.17. The fourth-order valence-electron chi connectivity index (χ4n) is 1.58. The van der Waals surface area contributed by atoms with E-state index in [1.807, 2.05) is 12.1 Å². The van der Waals surface area contributed by atoms with Gasteiger partial charge in [-0.3, -0.25) is 4.98 Å². The van der Waals surface area contributed by atoms with E-state index in [9.17, 15) is 0 Å². The van der Waals surface area contributed by atoms with E-state index in [1.165, 1.54) is 5.56 Å². The Morgan fingerprint density at radius 3 is 2.37 bits per heavy atom. The van der Waals surface area contributed by atoms with Crippen molar-refractivity contribution in [2.75, 3.05) is 46.7 Å². The highest BCUT2D eigenvalue weighted by atomic mass is 16.5. The van der Waals surface area contributed by atoms with Crippen LogP contribution in [0, 0.1) is 0 Å². The first-order valence-corrected chi connectivity index (χ1v) is 6.62. The van der Waals surface area contributed by atoms with Gasteiger partial charge >= 0.3 is 0 Å². The smallest absolute Gasteiger partial charge is 0.0701 e. The average molecular weight is 268 g/mol. The average Bonchev–Trinajstić information content (AvgIpc) is 2.46. The molecule has 0 aliphatic carbocycles. The monoisotopic (exact) mass is 268 g/mol. The summed E-state index contributed by atoms with van der Waals surface area (Å²) in [6, 6.07) is 4.34. The molecule has 0 fully saturated rings. The predicted octanol–water partition coefficient (Wildman–Crippen LogP) is 1.41. The SMILES string of the molecule is COCCOCCOCCNC(C)c1ccncc1. The number of aromatic nitrogens is 1. The van der Waals surface area contributed by atoms with Crippen LogP contribution in [-0.2, 0) is 14.2 Å². The zero-order chi connectivity index (χ0) is 13.8. The van der Waals surface area contributed by atoms with Crippen LogP contribution < -0.4 is 5.32 Å². The molecular weight excluding hydrogens is 244 g/mol. The number of hydrogen-bond donors (Lipinski definition) is 1. The third kappa shape index (κ3) is 7.89. The quantitative estimate of drug-likeness (QED) is 0.615. The molecule has 1 heterocycles. The first-order chi connectivity index (χ1) is 9.34. The molecule has 0 aliphatic heterocycles. The van der Waals surface area contributed by atoms with Gasteiger partial charge < -0.3 is 19.5 Å². The molecule has 0 spiro atoms. The minimum Gasteiger partial charge on any atom is -0.382 e. The van der Waals surface area contributed by atoms with Gasteiger partial charge in [-0.15, -0.1) is 0 Å². The van der Waals surface area contributed by atoms with Crippen molar-refractivity contribution in [1.29, 1.82) is 0 Å². The fourth-order valence-corrected chi connectivity index (χ4v) is 1.58. The van der Waals surface area contributed by atoms with Gasteiger partial charge in [0.05, 0.1) is 33.0 Å².